The molecular weight excluding hydrogens is 350 g/mol. The predicted octanol–water partition coefficient (Wildman–Crippen LogP) is 1.21. The zero-order valence-corrected chi connectivity index (χ0v) is 15.7. The highest BCUT2D eigenvalue weighted by Crippen LogP contribution is 2.31. The number of unbranched alkanes of at least 4 members (excludes halogenated alkanes) is 5. The fraction of sp³-hybridized carbons (Fsp3) is 0.722. The number of rotatable bonds is 10. The molecule has 9 heteroatoms. The lowest BCUT2D eigenvalue weighted by Crippen LogP contribution is -2.33. The number of hydrogen-bond donors (Lipinski definition) is 4. The van der Waals surface area contributed by atoms with E-state index in [2.05, 4.69) is 27.3 Å². The lowest BCUT2D eigenvalue weighted by molar-refractivity contribution is -0.0566. The SMILES string of the molecule is CCCCCCCCNc1ncnc2c1cnn2C1O[C@H](CO)[C@@H](O)[C@H]1O. The smallest absolute Gasteiger partial charge is 0.181 e. The van der Waals surface area contributed by atoms with E-state index in [-0.39, 0.29) is 6.61 Å². The van der Waals surface area contributed by atoms with Gasteiger partial charge in [-0.2, -0.15) is 5.10 Å². The van der Waals surface area contributed by atoms with E-state index in [4.69, 9.17) is 4.74 Å². The van der Waals surface area contributed by atoms with Gasteiger partial charge in [-0.05, 0) is 6.42 Å². The molecule has 0 aliphatic carbocycles. The van der Waals surface area contributed by atoms with E-state index in [1.165, 1.54) is 43.1 Å². The third kappa shape index (κ3) is 4.37. The van der Waals surface area contributed by atoms with Crippen LogP contribution in [0.1, 0.15) is 51.7 Å². The molecule has 9 nitrogen and oxygen atoms in total. The first kappa shape index (κ1) is 19.9. The highest BCUT2D eigenvalue weighted by Gasteiger charge is 2.44. The fourth-order valence-corrected chi connectivity index (χ4v) is 3.38. The van der Waals surface area contributed by atoms with Gasteiger partial charge >= 0.3 is 0 Å². The van der Waals surface area contributed by atoms with Crippen LogP contribution in [-0.2, 0) is 4.74 Å². The zero-order chi connectivity index (χ0) is 19.2. The van der Waals surface area contributed by atoms with Crippen molar-refractivity contribution in [3.63, 3.8) is 0 Å². The van der Waals surface area contributed by atoms with Crippen molar-refractivity contribution >= 4 is 16.9 Å². The maximum atomic E-state index is 10.2. The second kappa shape index (κ2) is 9.41. The predicted molar refractivity (Wildman–Crippen MR) is 100 cm³/mol. The Balaban J connectivity index is 1.65. The van der Waals surface area contributed by atoms with Crippen molar-refractivity contribution in [2.24, 2.45) is 0 Å². The minimum atomic E-state index is -1.19. The van der Waals surface area contributed by atoms with E-state index in [9.17, 15) is 15.3 Å². The first-order valence-electron chi connectivity index (χ1n) is 9.72. The molecule has 0 saturated carbocycles. The number of nitrogens with one attached hydrogen (secondary N) is 1. The number of aromatic nitrogens is 4. The summed E-state index contributed by atoms with van der Waals surface area (Å²) in [6, 6.07) is 0. The third-order valence-electron chi connectivity index (χ3n) is 4.97. The maximum absolute atomic E-state index is 10.2. The number of aliphatic hydroxyl groups excluding tert-OH is 3. The average molecular weight is 379 g/mol. The van der Waals surface area contributed by atoms with Crippen molar-refractivity contribution in [3.8, 4) is 0 Å². The number of anilines is 1. The summed E-state index contributed by atoms with van der Waals surface area (Å²) in [6.07, 6.45) is 6.25. The van der Waals surface area contributed by atoms with E-state index in [0.29, 0.717) is 11.5 Å². The topological polar surface area (TPSA) is 126 Å². The number of ether oxygens (including phenoxy) is 1. The Morgan fingerprint density at radius 1 is 1.11 bits per heavy atom. The van der Waals surface area contributed by atoms with Crippen LogP contribution in [0, 0.1) is 0 Å². The average Bonchev–Trinajstić information content (AvgIpc) is 3.23. The second-order valence-corrected chi connectivity index (χ2v) is 6.97. The van der Waals surface area contributed by atoms with Gasteiger partial charge in [-0.25, -0.2) is 14.6 Å². The van der Waals surface area contributed by atoms with Gasteiger partial charge in [0.1, 0.15) is 30.5 Å². The minimum absolute atomic E-state index is 0.381. The van der Waals surface area contributed by atoms with Gasteiger partial charge in [0.05, 0.1) is 18.2 Å². The van der Waals surface area contributed by atoms with E-state index < -0.39 is 24.5 Å². The lowest BCUT2D eigenvalue weighted by Gasteiger charge is -2.15. The van der Waals surface area contributed by atoms with Gasteiger partial charge in [0.2, 0.25) is 0 Å². The Labute approximate surface area is 158 Å². The van der Waals surface area contributed by atoms with Crippen LogP contribution in [0.15, 0.2) is 12.5 Å². The molecule has 1 aliphatic rings. The standard InChI is InChI=1S/C18H29N5O4/c1-2-3-4-5-6-7-8-19-16-12-9-22-23(17(12)21-11-20-16)18-15(26)14(25)13(10-24)27-18/h9,11,13-15,18,24-26H,2-8,10H2,1H3,(H,19,20,21)/t13-,14-,15-,18?/m1/s1. The molecule has 2 aromatic heterocycles. The Morgan fingerprint density at radius 3 is 2.63 bits per heavy atom. The van der Waals surface area contributed by atoms with Crippen molar-refractivity contribution in [2.75, 3.05) is 18.5 Å². The van der Waals surface area contributed by atoms with Crippen LogP contribution < -0.4 is 5.32 Å². The van der Waals surface area contributed by atoms with Gasteiger partial charge in [0.15, 0.2) is 11.9 Å². The van der Waals surface area contributed by atoms with E-state index in [1.54, 1.807) is 6.20 Å². The van der Waals surface area contributed by atoms with E-state index in [1.807, 2.05) is 0 Å². The Bertz CT molecular complexity index is 725. The molecule has 0 aromatic carbocycles. The van der Waals surface area contributed by atoms with E-state index >= 15 is 0 Å². The minimum Gasteiger partial charge on any atom is -0.394 e. The summed E-state index contributed by atoms with van der Waals surface area (Å²) >= 11 is 0. The molecule has 1 fully saturated rings. The molecule has 3 heterocycles. The monoisotopic (exact) mass is 379 g/mol. The lowest BCUT2D eigenvalue weighted by atomic mass is 10.1. The van der Waals surface area contributed by atoms with E-state index in [0.717, 1.165) is 18.4 Å². The molecule has 0 amide bonds. The first-order chi connectivity index (χ1) is 13.2. The van der Waals surface area contributed by atoms with Gasteiger partial charge < -0.3 is 25.4 Å². The molecule has 1 saturated heterocycles. The quantitative estimate of drug-likeness (QED) is 0.454. The highest BCUT2D eigenvalue weighted by molar-refractivity contribution is 5.86. The summed E-state index contributed by atoms with van der Waals surface area (Å²) in [6.45, 7) is 2.65. The second-order valence-electron chi connectivity index (χ2n) is 6.97. The van der Waals surface area contributed by atoms with Crippen LogP contribution in [0.5, 0.6) is 0 Å². The normalized spacial score (nSPS) is 25.3. The molecular formula is C18H29N5O4. The molecule has 3 rings (SSSR count). The number of hydrogen-bond acceptors (Lipinski definition) is 8. The Hall–Kier alpha value is -1.81. The highest BCUT2D eigenvalue weighted by atomic mass is 16.6. The molecule has 2 aromatic rings. The number of aliphatic hydroxyl groups is 3. The van der Waals surface area contributed by atoms with Crippen molar-refractivity contribution in [1.29, 1.82) is 0 Å². The molecule has 4 atom stereocenters. The third-order valence-corrected chi connectivity index (χ3v) is 4.97. The zero-order valence-electron chi connectivity index (χ0n) is 15.7. The maximum Gasteiger partial charge on any atom is 0.181 e. The molecule has 150 valence electrons. The van der Waals surface area contributed by atoms with Crippen molar-refractivity contribution in [3.05, 3.63) is 12.5 Å². The van der Waals surface area contributed by atoms with Crippen LogP contribution >= 0.6 is 0 Å². The van der Waals surface area contributed by atoms with Crippen LogP contribution in [0.2, 0.25) is 0 Å². The van der Waals surface area contributed by atoms with Gasteiger partial charge in [0.25, 0.3) is 0 Å². The first-order valence-corrected chi connectivity index (χ1v) is 9.72. The van der Waals surface area contributed by atoms with Crippen molar-refractivity contribution in [2.45, 2.75) is 70.0 Å². The van der Waals surface area contributed by atoms with Crippen LogP contribution in [-0.4, -0.2) is 66.5 Å². The van der Waals surface area contributed by atoms with Crippen molar-refractivity contribution < 1.29 is 20.1 Å². The van der Waals surface area contributed by atoms with Crippen LogP contribution in [0.4, 0.5) is 5.82 Å². The van der Waals surface area contributed by atoms with Crippen LogP contribution in [0.25, 0.3) is 11.0 Å². The Kier molecular flexibility index (Phi) is 6.95. The summed E-state index contributed by atoms with van der Waals surface area (Å²) in [5.74, 6) is 0.687. The van der Waals surface area contributed by atoms with Gasteiger partial charge in [-0.3, -0.25) is 0 Å². The van der Waals surface area contributed by atoms with Gasteiger partial charge in [0, 0.05) is 6.54 Å². The van der Waals surface area contributed by atoms with Gasteiger partial charge in [-0.15, -0.1) is 0 Å². The molecule has 0 spiro atoms. The summed E-state index contributed by atoms with van der Waals surface area (Å²) in [4.78, 5) is 8.54. The molecule has 1 aliphatic heterocycles. The molecule has 27 heavy (non-hydrogen) atoms. The number of fused-ring (bicyclic) bond motifs is 1. The summed E-state index contributed by atoms with van der Waals surface area (Å²) in [7, 11) is 0. The van der Waals surface area contributed by atoms with Crippen LogP contribution in [0.3, 0.4) is 0 Å². The molecule has 0 bridgehead atoms. The summed E-state index contributed by atoms with van der Waals surface area (Å²) in [5.41, 5.74) is 0.505. The van der Waals surface area contributed by atoms with Gasteiger partial charge in [-0.1, -0.05) is 39.0 Å². The number of nitrogens with zero attached hydrogens (tertiary/aromatic N) is 4. The summed E-state index contributed by atoms with van der Waals surface area (Å²) in [5, 5.41) is 37.7. The molecule has 1 unspecified atom stereocenters. The molecule has 4 N–H and O–H groups in total. The molecule has 0 radical (unpaired) electrons. The summed E-state index contributed by atoms with van der Waals surface area (Å²) < 4.78 is 6.97. The largest absolute Gasteiger partial charge is 0.394 e. The Morgan fingerprint density at radius 2 is 1.89 bits per heavy atom. The van der Waals surface area contributed by atoms with Crippen molar-refractivity contribution in [1.82, 2.24) is 19.7 Å². The fourth-order valence-electron chi connectivity index (χ4n) is 3.38.